The average Bonchev–Trinajstić information content (AvgIpc) is 3.15. The molecular formula is C25H26ClF2N5O3Si. The van der Waals surface area contributed by atoms with Gasteiger partial charge in [-0.2, -0.15) is 0 Å². The number of rotatable bonds is 9. The molecule has 2 N–H and O–H groups in total. The smallest absolute Gasteiger partial charge is 0.324 e. The van der Waals surface area contributed by atoms with Crippen molar-refractivity contribution in [3.63, 3.8) is 0 Å². The van der Waals surface area contributed by atoms with Gasteiger partial charge in [-0.1, -0.05) is 37.3 Å². The van der Waals surface area contributed by atoms with Gasteiger partial charge >= 0.3 is 6.03 Å². The molecule has 0 saturated carbocycles. The second kappa shape index (κ2) is 11.2. The van der Waals surface area contributed by atoms with Crippen LogP contribution in [0.3, 0.4) is 0 Å². The normalized spacial score (nSPS) is 11.5. The lowest BCUT2D eigenvalue weighted by molar-refractivity contribution is 0.0899. The molecular weight excluding hydrogens is 520 g/mol. The van der Waals surface area contributed by atoms with Gasteiger partial charge in [0.25, 0.3) is 0 Å². The van der Waals surface area contributed by atoms with Crippen LogP contribution in [0.25, 0.3) is 11.0 Å². The minimum atomic E-state index is -1.23. The number of hydrogen-bond donors (Lipinski definition) is 2. The summed E-state index contributed by atoms with van der Waals surface area (Å²) in [5.74, 6) is -2.25. The number of carbonyl (C=O) groups excluding carboxylic acids is 1. The molecule has 0 aliphatic rings. The van der Waals surface area contributed by atoms with Crippen LogP contribution in [0, 0.1) is 11.6 Å². The molecule has 8 nitrogen and oxygen atoms in total. The molecule has 0 aliphatic heterocycles. The summed E-state index contributed by atoms with van der Waals surface area (Å²) in [7, 11) is -1.23. The molecule has 3 heterocycles. The van der Waals surface area contributed by atoms with Gasteiger partial charge < -0.3 is 19.4 Å². The van der Waals surface area contributed by atoms with Crippen LogP contribution in [0.5, 0.6) is 11.5 Å². The number of hydrogen-bond acceptors (Lipinski definition) is 5. The van der Waals surface area contributed by atoms with Crippen molar-refractivity contribution >= 4 is 48.2 Å². The number of ether oxygens (including phenoxy) is 2. The Kier molecular flexibility index (Phi) is 8.06. The minimum absolute atomic E-state index is 0.102. The van der Waals surface area contributed by atoms with Crippen molar-refractivity contribution in [2.45, 2.75) is 32.4 Å². The molecule has 0 atom stereocenters. The fraction of sp³-hybridized carbons (Fsp3) is 0.240. The van der Waals surface area contributed by atoms with Gasteiger partial charge in [0.05, 0.1) is 10.4 Å². The van der Waals surface area contributed by atoms with E-state index in [1.807, 2.05) is 0 Å². The molecule has 2 amide bonds. The van der Waals surface area contributed by atoms with E-state index in [9.17, 15) is 13.6 Å². The highest BCUT2D eigenvalue weighted by molar-refractivity contribution is 6.76. The van der Waals surface area contributed by atoms with Gasteiger partial charge in [-0.05, 0) is 24.2 Å². The van der Waals surface area contributed by atoms with Crippen LogP contribution < -0.4 is 15.4 Å². The lowest BCUT2D eigenvalue weighted by Gasteiger charge is -2.15. The Labute approximate surface area is 218 Å². The molecule has 4 rings (SSSR count). The van der Waals surface area contributed by atoms with Gasteiger partial charge in [0, 0.05) is 51.1 Å². The van der Waals surface area contributed by atoms with Crippen LogP contribution in [0.4, 0.5) is 25.1 Å². The Hall–Kier alpha value is -3.54. The van der Waals surface area contributed by atoms with Crippen molar-refractivity contribution in [2.75, 3.05) is 17.2 Å². The van der Waals surface area contributed by atoms with E-state index in [1.54, 1.807) is 29.0 Å². The average molecular weight is 546 g/mol. The van der Waals surface area contributed by atoms with E-state index in [1.165, 1.54) is 18.5 Å². The highest BCUT2D eigenvalue weighted by Gasteiger charge is 2.20. The third-order valence-electron chi connectivity index (χ3n) is 5.27. The number of pyridine rings is 2. The SMILES string of the molecule is C[Si](C)(C)CCOCn1cc(Cl)c2c(Oc3c(F)cc(NC(=O)Nc4ccccn4)cc3F)ccnc21. The lowest BCUT2D eigenvalue weighted by atomic mass is 10.2. The molecule has 0 aliphatic carbocycles. The zero-order chi connectivity index (χ0) is 26.6. The van der Waals surface area contributed by atoms with E-state index in [0.717, 1.165) is 18.2 Å². The first-order valence-electron chi connectivity index (χ1n) is 11.5. The molecule has 194 valence electrons. The molecule has 37 heavy (non-hydrogen) atoms. The number of fused-ring (bicyclic) bond motifs is 1. The summed E-state index contributed by atoms with van der Waals surface area (Å²) in [6.07, 6.45) is 4.60. The summed E-state index contributed by atoms with van der Waals surface area (Å²) in [4.78, 5) is 20.4. The quantitative estimate of drug-likeness (QED) is 0.173. The first-order valence-corrected chi connectivity index (χ1v) is 15.6. The Morgan fingerprint density at radius 1 is 1.08 bits per heavy atom. The Balaban J connectivity index is 1.50. The zero-order valence-corrected chi connectivity index (χ0v) is 22.3. The van der Waals surface area contributed by atoms with Crippen molar-refractivity contribution in [1.82, 2.24) is 14.5 Å². The summed E-state index contributed by atoms with van der Waals surface area (Å²) >= 11 is 6.43. The number of amides is 2. The summed E-state index contributed by atoms with van der Waals surface area (Å²) in [5, 5.41) is 5.54. The third kappa shape index (κ3) is 6.82. The molecule has 0 saturated heterocycles. The van der Waals surface area contributed by atoms with E-state index >= 15 is 0 Å². The molecule has 0 unspecified atom stereocenters. The number of nitrogens with zero attached hydrogens (tertiary/aromatic N) is 3. The van der Waals surface area contributed by atoms with Crippen LogP contribution >= 0.6 is 11.6 Å². The van der Waals surface area contributed by atoms with Gasteiger partial charge in [-0.15, -0.1) is 0 Å². The van der Waals surface area contributed by atoms with Gasteiger partial charge in [-0.3, -0.25) is 5.32 Å². The van der Waals surface area contributed by atoms with Crippen molar-refractivity contribution < 1.29 is 23.0 Å². The predicted molar refractivity (Wildman–Crippen MR) is 142 cm³/mol. The van der Waals surface area contributed by atoms with Crippen molar-refractivity contribution in [1.29, 1.82) is 0 Å². The number of anilines is 2. The topological polar surface area (TPSA) is 90.3 Å². The summed E-state index contributed by atoms with van der Waals surface area (Å²) < 4.78 is 42.8. The van der Waals surface area contributed by atoms with Gasteiger partial charge in [0.15, 0.2) is 17.4 Å². The van der Waals surface area contributed by atoms with Crippen LogP contribution in [-0.2, 0) is 11.5 Å². The number of benzene rings is 1. The molecule has 4 aromatic rings. The van der Waals surface area contributed by atoms with E-state index < -0.39 is 31.5 Å². The van der Waals surface area contributed by atoms with Crippen molar-refractivity contribution in [3.8, 4) is 11.5 Å². The van der Waals surface area contributed by atoms with Crippen molar-refractivity contribution in [2.24, 2.45) is 0 Å². The fourth-order valence-electron chi connectivity index (χ4n) is 3.42. The fourth-order valence-corrected chi connectivity index (χ4v) is 4.47. The maximum atomic E-state index is 14.9. The summed E-state index contributed by atoms with van der Waals surface area (Å²) in [5.41, 5.74) is 0.358. The zero-order valence-electron chi connectivity index (χ0n) is 20.5. The van der Waals surface area contributed by atoms with E-state index in [-0.39, 0.29) is 24.0 Å². The standard InChI is InChI=1S/C25H26ClF2N5O3Si/c1-37(2,3)11-10-35-15-33-14-17(26)22-20(7-9-30-24(22)33)36-23-18(27)12-16(13-19(23)28)31-25(34)32-21-6-4-5-8-29-21/h4-9,12-14H,10-11,15H2,1-3H3,(H2,29,31,32,34). The van der Waals surface area contributed by atoms with Crippen molar-refractivity contribution in [3.05, 3.63) is 71.6 Å². The Bertz CT molecular complexity index is 1390. The highest BCUT2D eigenvalue weighted by Crippen LogP contribution is 2.37. The summed E-state index contributed by atoms with van der Waals surface area (Å²) in [6, 6.07) is 8.63. The monoisotopic (exact) mass is 545 g/mol. The highest BCUT2D eigenvalue weighted by atomic mass is 35.5. The molecule has 1 aromatic carbocycles. The molecule has 0 fully saturated rings. The molecule has 0 bridgehead atoms. The molecule has 0 radical (unpaired) electrons. The number of aromatic nitrogens is 3. The Morgan fingerprint density at radius 2 is 1.84 bits per heavy atom. The lowest BCUT2D eigenvalue weighted by Crippen LogP contribution is -2.22. The first kappa shape index (κ1) is 26.5. The van der Waals surface area contributed by atoms with E-state index in [0.29, 0.717) is 22.7 Å². The second-order valence-electron chi connectivity index (χ2n) is 9.47. The predicted octanol–water partition coefficient (Wildman–Crippen LogP) is 7.11. The largest absolute Gasteiger partial charge is 0.450 e. The van der Waals surface area contributed by atoms with Gasteiger partial charge in [-0.25, -0.2) is 23.5 Å². The first-order chi connectivity index (χ1) is 17.6. The third-order valence-corrected chi connectivity index (χ3v) is 7.26. The second-order valence-corrected chi connectivity index (χ2v) is 15.5. The summed E-state index contributed by atoms with van der Waals surface area (Å²) in [6.45, 7) is 7.64. The molecule has 12 heteroatoms. The van der Waals surface area contributed by atoms with Crippen LogP contribution in [0.15, 0.2) is 55.0 Å². The van der Waals surface area contributed by atoms with E-state index in [4.69, 9.17) is 21.1 Å². The maximum Gasteiger partial charge on any atom is 0.324 e. The molecule has 3 aromatic heterocycles. The van der Waals surface area contributed by atoms with Crippen LogP contribution in [-0.4, -0.2) is 35.2 Å². The van der Waals surface area contributed by atoms with Crippen LogP contribution in [0.2, 0.25) is 30.7 Å². The molecule has 0 spiro atoms. The number of halogens is 3. The number of nitrogens with one attached hydrogen (secondary N) is 2. The van der Waals surface area contributed by atoms with E-state index in [2.05, 4.69) is 40.2 Å². The van der Waals surface area contributed by atoms with Crippen LogP contribution in [0.1, 0.15) is 0 Å². The number of urea groups is 1. The number of carbonyl (C=O) groups is 1. The maximum absolute atomic E-state index is 14.9. The Morgan fingerprint density at radius 3 is 2.51 bits per heavy atom. The van der Waals surface area contributed by atoms with Gasteiger partial charge in [0.2, 0.25) is 0 Å². The van der Waals surface area contributed by atoms with Gasteiger partial charge in [0.1, 0.15) is 23.9 Å². The minimum Gasteiger partial charge on any atom is -0.450 e.